The third-order valence-corrected chi connectivity index (χ3v) is 5.18. The third-order valence-electron chi connectivity index (χ3n) is 2.68. The van der Waals surface area contributed by atoms with Crippen LogP contribution in [-0.2, 0) is 14.8 Å². The lowest BCUT2D eigenvalue weighted by atomic mass is 10.3. The van der Waals surface area contributed by atoms with Crippen LogP contribution in [0.2, 0.25) is 0 Å². The molecule has 0 aliphatic carbocycles. The van der Waals surface area contributed by atoms with E-state index in [1.807, 2.05) is 6.92 Å². The molecule has 6 nitrogen and oxygen atoms in total. The quantitative estimate of drug-likeness (QED) is 0.726. The summed E-state index contributed by atoms with van der Waals surface area (Å²) < 4.78 is 39.4. The summed E-state index contributed by atoms with van der Waals surface area (Å²) in [7, 11) is -2.93. The maximum Gasteiger partial charge on any atom is 0.246 e. The Morgan fingerprint density at radius 3 is 2.67 bits per heavy atom. The van der Waals surface area contributed by atoms with Crippen molar-refractivity contribution < 1.29 is 17.6 Å². The largest absolute Gasteiger partial charge is 0.398 e. The third kappa shape index (κ3) is 4.39. The van der Waals surface area contributed by atoms with Crippen molar-refractivity contribution in [2.75, 3.05) is 25.9 Å². The molecule has 0 atom stereocenters. The predicted molar refractivity (Wildman–Crippen MR) is 81.6 cm³/mol. The van der Waals surface area contributed by atoms with Crippen LogP contribution in [0.5, 0.6) is 0 Å². The number of sulfonamides is 1. The van der Waals surface area contributed by atoms with Crippen LogP contribution >= 0.6 is 15.9 Å². The Morgan fingerprint density at radius 1 is 1.48 bits per heavy atom. The van der Waals surface area contributed by atoms with E-state index in [9.17, 15) is 17.6 Å². The maximum absolute atomic E-state index is 13.8. The molecule has 1 amide bonds. The molecule has 0 aromatic heterocycles. The molecule has 0 bridgehead atoms. The molecule has 0 fully saturated rings. The summed E-state index contributed by atoms with van der Waals surface area (Å²) in [5.74, 6) is -1.38. The molecule has 0 aliphatic rings. The fourth-order valence-corrected chi connectivity index (χ4v) is 3.04. The number of halogens is 2. The van der Waals surface area contributed by atoms with E-state index in [1.54, 1.807) is 0 Å². The van der Waals surface area contributed by atoms with Crippen molar-refractivity contribution in [3.63, 3.8) is 0 Å². The van der Waals surface area contributed by atoms with Crippen molar-refractivity contribution in [2.24, 2.45) is 0 Å². The monoisotopic (exact) mass is 381 g/mol. The van der Waals surface area contributed by atoms with Crippen LogP contribution in [0.1, 0.15) is 13.3 Å². The van der Waals surface area contributed by atoms with E-state index in [1.165, 1.54) is 7.05 Å². The number of likely N-dealkylation sites (N-methyl/N-ethyl adjacent to an activating group) is 1. The fourth-order valence-electron chi connectivity index (χ4n) is 1.52. The smallest absolute Gasteiger partial charge is 0.246 e. The molecule has 118 valence electrons. The molecule has 0 aliphatic heterocycles. The minimum Gasteiger partial charge on any atom is -0.398 e. The zero-order valence-electron chi connectivity index (χ0n) is 11.7. The molecule has 21 heavy (non-hydrogen) atoms. The van der Waals surface area contributed by atoms with Crippen LogP contribution in [0.15, 0.2) is 21.5 Å². The van der Waals surface area contributed by atoms with Gasteiger partial charge in [-0.05, 0) is 34.5 Å². The SMILES string of the molecule is CCCNC(=O)CN(C)S(=O)(=O)c1cc(N)c(Br)cc1F. The lowest BCUT2D eigenvalue weighted by molar-refractivity contribution is -0.121. The summed E-state index contributed by atoms with van der Waals surface area (Å²) in [6.45, 7) is 1.94. The lowest BCUT2D eigenvalue weighted by Gasteiger charge is -2.17. The molecule has 1 aromatic carbocycles. The van der Waals surface area contributed by atoms with Crippen LogP contribution in [0.4, 0.5) is 10.1 Å². The molecular formula is C12H17BrFN3O3S. The van der Waals surface area contributed by atoms with Crippen LogP contribution in [0.25, 0.3) is 0 Å². The molecule has 0 spiro atoms. The summed E-state index contributed by atoms with van der Waals surface area (Å²) in [6.07, 6.45) is 0.736. The number of carbonyl (C=O) groups excluding carboxylic acids is 1. The first-order valence-corrected chi connectivity index (χ1v) is 8.41. The number of anilines is 1. The van der Waals surface area contributed by atoms with Gasteiger partial charge in [0, 0.05) is 23.8 Å². The highest BCUT2D eigenvalue weighted by atomic mass is 79.9. The zero-order valence-corrected chi connectivity index (χ0v) is 14.1. The average Bonchev–Trinajstić information content (AvgIpc) is 2.40. The predicted octanol–water partition coefficient (Wildman–Crippen LogP) is 1.32. The summed E-state index contributed by atoms with van der Waals surface area (Å²) in [5.41, 5.74) is 5.67. The number of nitrogens with two attached hydrogens (primary N) is 1. The first-order valence-electron chi connectivity index (χ1n) is 6.17. The number of nitrogens with zero attached hydrogens (tertiary/aromatic N) is 1. The molecule has 0 saturated heterocycles. The molecule has 0 saturated carbocycles. The normalized spacial score (nSPS) is 11.7. The van der Waals surface area contributed by atoms with Gasteiger partial charge < -0.3 is 11.1 Å². The Morgan fingerprint density at radius 2 is 2.10 bits per heavy atom. The van der Waals surface area contributed by atoms with Gasteiger partial charge in [-0.3, -0.25) is 4.79 Å². The second kappa shape index (κ2) is 7.19. The van der Waals surface area contributed by atoms with Gasteiger partial charge in [-0.15, -0.1) is 0 Å². The maximum atomic E-state index is 13.8. The second-order valence-corrected chi connectivity index (χ2v) is 7.28. The minimum atomic E-state index is -4.13. The van der Waals surface area contributed by atoms with E-state index in [0.717, 1.165) is 22.9 Å². The molecule has 3 N–H and O–H groups in total. The number of carbonyl (C=O) groups is 1. The van der Waals surface area contributed by atoms with Crippen LogP contribution in [0, 0.1) is 5.82 Å². The van der Waals surface area contributed by atoms with E-state index in [-0.39, 0.29) is 10.2 Å². The van der Waals surface area contributed by atoms with Crippen molar-refractivity contribution in [2.45, 2.75) is 18.2 Å². The highest BCUT2D eigenvalue weighted by Crippen LogP contribution is 2.27. The summed E-state index contributed by atoms with van der Waals surface area (Å²) in [6, 6.07) is 2.00. The van der Waals surface area contributed by atoms with Crippen molar-refractivity contribution in [1.82, 2.24) is 9.62 Å². The van der Waals surface area contributed by atoms with Gasteiger partial charge >= 0.3 is 0 Å². The number of hydrogen-bond acceptors (Lipinski definition) is 4. The highest BCUT2D eigenvalue weighted by molar-refractivity contribution is 9.10. The van der Waals surface area contributed by atoms with Gasteiger partial charge in [0.2, 0.25) is 15.9 Å². The Balaban J connectivity index is 3.00. The Labute approximate surface area is 131 Å². The van der Waals surface area contributed by atoms with Crippen molar-refractivity contribution in [3.05, 3.63) is 22.4 Å². The van der Waals surface area contributed by atoms with Crippen molar-refractivity contribution in [1.29, 1.82) is 0 Å². The van der Waals surface area contributed by atoms with Crippen LogP contribution in [-0.4, -0.2) is 38.8 Å². The van der Waals surface area contributed by atoms with Crippen LogP contribution in [0.3, 0.4) is 0 Å². The van der Waals surface area contributed by atoms with E-state index >= 15 is 0 Å². The second-order valence-electron chi connectivity index (χ2n) is 4.42. The number of rotatable bonds is 6. The number of hydrogen-bond donors (Lipinski definition) is 2. The summed E-state index contributed by atoms with van der Waals surface area (Å²) >= 11 is 3.02. The molecule has 0 unspecified atom stereocenters. The van der Waals surface area contributed by atoms with Gasteiger partial charge in [0.05, 0.1) is 6.54 Å². The molecule has 9 heteroatoms. The standard InChI is InChI=1S/C12H17BrFN3O3S/c1-3-4-16-12(18)7-17(2)21(19,20)11-6-10(15)8(13)5-9(11)14/h5-6H,3-4,7,15H2,1-2H3,(H,16,18). The molecule has 0 radical (unpaired) electrons. The van der Waals surface area contributed by atoms with E-state index in [2.05, 4.69) is 21.2 Å². The first kappa shape index (κ1) is 17.9. The van der Waals surface area contributed by atoms with E-state index < -0.39 is 33.2 Å². The minimum absolute atomic E-state index is 0.0961. The van der Waals surface area contributed by atoms with Gasteiger partial charge in [-0.1, -0.05) is 6.92 Å². The highest BCUT2D eigenvalue weighted by Gasteiger charge is 2.27. The molecule has 1 aromatic rings. The van der Waals surface area contributed by atoms with E-state index in [4.69, 9.17) is 5.73 Å². The average molecular weight is 382 g/mol. The Hall–Kier alpha value is -1.19. The zero-order chi connectivity index (χ0) is 16.2. The Bertz CT molecular complexity index is 637. The molecule has 1 rings (SSSR count). The van der Waals surface area contributed by atoms with Crippen LogP contribution < -0.4 is 11.1 Å². The number of nitrogens with one attached hydrogen (secondary N) is 1. The number of amides is 1. The van der Waals surface area contributed by atoms with Gasteiger partial charge in [0.15, 0.2) is 0 Å². The van der Waals surface area contributed by atoms with Gasteiger partial charge in [0.25, 0.3) is 0 Å². The molecular weight excluding hydrogens is 365 g/mol. The fraction of sp³-hybridized carbons (Fsp3) is 0.417. The van der Waals surface area contributed by atoms with Crippen molar-refractivity contribution in [3.8, 4) is 0 Å². The first-order chi connectivity index (χ1) is 9.70. The van der Waals surface area contributed by atoms with Gasteiger partial charge in [-0.2, -0.15) is 4.31 Å². The topological polar surface area (TPSA) is 92.5 Å². The number of benzene rings is 1. The Kier molecular flexibility index (Phi) is 6.11. The van der Waals surface area contributed by atoms with Gasteiger partial charge in [0.1, 0.15) is 10.7 Å². The summed E-state index contributed by atoms with van der Waals surface area (Å²) in [5, 5.41) is 2.55. The summed E-state index contributed by atoms with van der Waals surface area (Å²) in [4.78, 5) is 11.0. The molecule has 0 heterocycles. The lowest BCUT2D eigenvalue weighted by Crippen LogP contribution is -2.38. The van der Waals surface area contributed by atoms with Gasteiger partial charge in [-0.25, -0.2) is 12.8 Å². The van der Waals surface area contributed by atoms with E-state index in [0.29, 0.717) is 6.54 Å². The number of nitrogen functional groups attached to an aromatic ring is 1. The van der Waals surface area contributed by atoms with Crippen molar-refractivity contribution >= 4 is 37.5 Å².